The van der Waals surface area contributed by atoms with E-state index < -0.39 is 9.84 Å². The first-order valence-corrected chi connectivity index (χ1v) is 10.9. The molecule has 0 radical (unpaired) electrons. The number of nitrogens with one attached hydrogen (secondary N) is 2. The number of anilines is 2. The van der Waals surface area contributed by atoms with E-state index in [-0.39, 0.29) is 16.5 Å². The molecule has 3 rings (SSSR count). The summed E-state index contributed by atoms with van der Waals surface area (Å²) in [6, 6.07) is 6.64. The standard InChI is InChI=1S/C19H24N4O3S/c1-13-10-15(27(2,25)26)8-9-16(13)23-19(24)17-11-18(21-12-20-17)22-14-6-4-3-5-7-14/h8-12,14H,3-7H2,1-2H3,(H,23,24)(H,20,21,22). The predicted molar refractivity (Wildman–Crippen MR) is 105 cm³/mol. The lowest BCUT2D eigenvalue weighted by molar-refractivity contribution is 0.102. The van der Waals surface area contributed by atoms with E-state index in [1.54, 1.807) is 25.1 Å². The minimum Gasteiger partial charge on any atom is -0.367 e. The van der Waals surface area contributed by atoms with E-state index in [1.807, 2.05) is 0 Å². The number of sulfone groups is 1. The van der Waals surface area contributed by atoms with Gasteiger partial charge in [-0.15, -0.1) is 0 Å². The summed E-state index contributed by atoms with van der Waals surface area (Å²) < 4.78 is 23.3. The lowest BCUT2D eigenvalue weighted by Gasteiger charge is -2.23. The van der Waals surface area contributed by atoms with E-state index in [0.717, 1.165) is 19.1 Å². The zero-order chi connectivity index (χ0) is 19.4. The molecule has 2 N–H and O–H groups in total. The average molecular weight is 388 g/mol. The number of aryl methyl sites for hydroxylation is 1. The van der Waals surface area contributed by atoms with Crippen LogP contribution in [0.1, 0.15) is 48.2 Å². The minimum absolute atomic E-state index is 0.221. The van der Waals surface area contributed by atoms with Gasteiger partial charge in [0.2, 0.25) is 0 Å². The van der Waals surface area contributed by atoms with Crippen LogP contribution in [0, 0.1) is 6.92 Å². The number of benzene rings is 1. The Labute approximate surface area is 159 Å². The Bertz CT molecular complexity index is 938. The number of rotatable bonds is 5. The first-order valence-electron chi connectivity index (χ1n) is 9.03. The molecule has 0 atom stereocenters. The molecule has 27 heavy (non-hydrogen) atoms. The van der Waals surface area contributed by atoms with Gasteiger partial charge in [0, 0.05) is 24.1 Å². The fourth-order valence-corrected chi connectivity index (χ4v) is 3.92. The van der Waals surface area contributed by atoms with Gasteiger partial charge < -0.3 is 10.6 Å². The van der Waals surface area contributed by atoms with Crippen molar-refractivity contribution in [1.82, 2.24) is 9.97 Å². The Balaban J connectivity index is 1.72. The molecule has 2 aromatic rings. The van der Waals surface area contributed by atoms with Gasteiger partial charge in [-0.3, -0.25) is 4.79 Å². The zero-order valence-electron chi connectivity index (χ0n) is 15.5. The van der Waals surface area contributed by atoms with Crippen LogP contribution in [0.3, 0.4) is 0 Å². The minimum atomic E-state index is -3.28. The van der Waals surface area contributed by atoms with Gasteiger partial charge in [-0.25, -0.2) is 18.4 Å². The fourth-order valence-electron chi connectivity index (χ4n) is 3.21. The molecule has 1 fully saturated rings. The number of aromatic nitrogens is 2. The summed E-state index contributed by atoms with van der Waals surface area (Å²) in [5, 5.41) is 6.16. The largest absolute Gasteiger partial charge is 0.367 e. The summed E-state index contributed by atoms with van der Waals surface area (Å²) in [7, 11) is -3.28. The van der Waals surface area contributed by atoms with Crippen LogP contribution in [0.25, 0.3) is 0 Å². The molecule has 1 amide bonds. The van der Waals surface area contributed by atoms with Gasteiger partial charge >= 0.3 is 0 Å². The van der Waals surface area contributed by atoms with Crippen LogP contribution >= 0.6 is 0 Å². The van der Waals surface area contributed by atoms with Crippen LogP contribution in [0.15, 0.2) is 35.5 Å². The van der Waals surface area contributed by atoms with Crippen LogP contribution in [0.5, 0.6) is 0 Å². The van der Waals surface area contributed by atoms with E-state index in [2.05, 4.69) is 20.6 Å². The van der Waals surface area contributed by atoms with Crippen molar-refractivity contribution in [1.29, 1.82) is 0 Å². The number of amides is 1. The Morgan fingerprint density at radius 1 is 1.11 bits per heavy atom. The summed E-state index contributed by atoms with van der Waals surface area (Å²) in [4.78, 5) is 21.0. The number of carbonyl (C=O) groups is 1. The van der Waals surface area contributed by atoms with Crippen molar-refractivity contribution in [3.8, 4) is 0 Å². The maximum Gasteiger partial charge on any atom is 0.274 e. The molecule has 7 nitrogen and oxygen atoms in total. The fraction of sp³-hybridized carbons (Fsp3) is 0.421. The highest BCUT2D eigenvalue weighted by atomic mass is 32.2. The number of hydrogen-bond acceptors (Lipinski definition) is 6. The second-order valence-corrected chi connectivity index (χ2v) is 8.99. The van der Waals surface area contributed by atoms with Gasteiger partial charge in [0.1, 0.15) is 17.8 Å². The molecule has 1 aromatic heterocycles. The zero-order valence-corrected chi connectivity index (χ0v) is 16.3. The Morgan fingerprint density at radius 3 is 2.52 bits per heavy atom. The van der Waals surface area contributed by atoms with E-state index >= 15 is 0 Å². The van der Waals surface area contributed by atoms with Gasteiger partial charge in [0.15, 0.2) is 9.84 Å². The molecule has 1 aliphatic carbocycles. The average Bonchev–Trinajstić information content (AvgIpc) is 2.63. The van der Waals surface area contributed by atoms with Crippen molar-refractivity contribution in [2.45, 2.75) is 50.0 Å². The van der Waals surface area contributed by atoms with Crippen LogP contribution < -0.4 is 10.6 Å². The lowest BCUT2D eigenvalue weighted by Crippen LogP contribution is -2.23. The first kappa shape index (κ1) is 19.3. The molecule has 0 saturated heterocycles. The predicted octanol–water partition coefficient (Wildman–Crippen LogP) is 3.19. The first-order chi connectivity index (χ1) is 12.8. The number of hydrogen-bond donors (Lipinski definition) is 2. The molecule has 144 valence electrons. The Kier molecular flexibility index (Phi) is 5.74. The summed E-state index contributed by atoms with van der Waals surface area (Å²) in [6.45, 7) is 1.75. The van der Waals surface area contributed by atoms with E-state index in [0.29, 0.717) is 23.1 Å². The van der Waals surface area contributed by atoms with Gasteiger partial charge in [0.05, 0.1) is 4.90 Å². The molecule has 0 unspecified atom stereocenters. The van der Waals surface area contributed by atoms with Crippen molar-refractivity contribution in [2.24, 2.45) is 0 Å². The van der Waals surface area contributed by atoms with Gasteiger partial charge in [-0.05, 0) is 43.5 Å². The molecule has 1 aliphatic rings. The third kappa shape index (κ3) is 5.03. The maximum atomic E-state index is 12.5. The van der Waals surface area contributed by atoms with E-state index in [4.69, 9.17) is 0 Å². The van der Waals surface area contributed by atoms with Crippen LogP contribution in [0.4, 0.5) is 11.5 Å². The van der Waals surface area contributed by atoms with Crippen LogP contribution in [0.2, 0.25) is 0 Å². The second-order valence-electron chi connectivity index (χ2n) is 6.97. The third-order valence-corrected chi connectivity index (χ3v) is 5.84. The Morgan fingerprint density at radius 2 is 1.85 bits per heavy atom. The van der Waals surface area contributed by atoms with Crippen molar-refractivity contribution in [3.63, 3.8) is 0 Å². The molecular weight excluding hydrogens is 364 g/mol. The summed E-state index contributed by atoms with van der Waals surface area (Å²) in [5.41, 5.74) is 1.48. The highest BCUT2D eigenvalue weighted by molar-refractivity contribution is 7.90. The van der Waals surface area contributed by atoms with Gasteiger partial charge in [-0.2, -0.15) is 0 Å². The maximum absolute atomic E-state index is 12.5. The summed E-state index contributed by atoms with van der Waals surface area (Å²) in [6.07, 6.45) is 8.43. The van der Waals surface area contributed by atoms with Crippen molar-refractivity contribution < 1.29 is 13.2 Å². The second kappa shape index (κ2) is 8.04. The molecule has 1 heterocycles. The number of carbonyl (C=O) groups excluding carboxylic acids is 1. The van der Waals surface area contributed by atoms with Crippen molar-refractivity contribution in [3.05, 3.63) is 41.9 Å². The molecule has 1 saturated carbocycles. The molecule has 0 bridgehead atoms. The monoisotopic (exact) mass is 388 g/mol. The SMILES string of the molecule is Cc1cc(S(C)(=O)=O)ccc1NC(=O)c1cc(NC2CCCCC2)ncn1. The smallest absolute Gasteiger partial charge is 0.274 e. The molecule has 1 aromatic carbocycles. The highest BCUT2D eigenvalue weighted by Crippen LogP contribution is 2.22. The Hall–Kier alpha value is -2.48. The van der Waals surface area contributed by atoms with Gasteiger partial charge in [-0.1, -0.05) is 19.3 Å². The number of nitrogens with zero attached hydrogens (tertiary/aromatic N) is 2. The molecular formula is C19H24N4O3S. The van der Waals surface area contributed by atoms with Crippen molar-refractivity contribution >= 4 is 27.2 Å². The quantitative estimate of drug-likeness (QED) is 0.816. The van der Waals surface area contributed by atoms with E-state index in [9.17, 15) is 13.2 Å². The van der Waals surface area contributed by atoms with E-state index in [1.165, 1.54) is 31.7 Å². The topological polar surface area (TPSA) is 101 Å². The lowest BCUT2D eigenvalue weighted by atomic mass is 9.95. The highest BCUT2D eigenvalue weighted by Gasteiger charge is 2.16. The summed E-state index contributed by atoms with van der Waals surface area (Å²) in [5.74, 6) is 0.283. The summed E-state index contributed by atoms with van der Waals surface area (Å²) >= 11 is 0. The van der Waals surface area contributed by atoms with Gasteiger partial charge in [0.25, 0.3) is 5.91 Å². The third-order valence-electron chi connectivity index (χ3n) is 4.73. The molecule has 0 aliphatic heterocycles. The molecule has 0 spiro atoms. The van der Waals surface area contributed by atoms with Crippen LogP contribution in [-0.2, 0) is 9.84 Å². The van der Waals surface area contributed by atoms with Crippen LogP contribution in [-0.4, -0.2) is 36.6 Å². The molecule has 8 heteroatoms. The normalized spacial score (nSPS) is 15.3. The van der Waals surface area contributed by atoms with Crippen molar-refractivity contribution in [2.75, 3.05) is 16.9 Å².